The monoisotopic (exact) mass is 522 g/mol. The van der Waals surface area contributed by atoms with E-state index in [1.54, 1.807) is 12.1 Å². The van der Waals surface area contributed by atoms with E-state index >= 15 is 0 Å². The number of carbonyl (C=O) groups excluding carboxylic acids is 1. The molecule has 0 bridgehead atoms. The van der Waals surface area contributed by atoms with Crippen LogP contribution in [0.3, 0.4) is 0 Å². The van der Waals surface area contributed by atoms with Crippen LogP contribution < -0.4 is 4.74 Å². The molecule has 188 valence electrons. The van der Waals surface area contributed by atoms with Crippen molar-refractivity contribution < 1.29 is 38.0 Å². The van der Waals surface area contributed by atoms with Crippen LogP contribution in [0.2, 0.25) is 0 Å². The summed E-state index contributed by atoms with van der Waals surface area (Å²) in [6, 6.07) is 9.27. The Hall–Kier alpha value is -2.29. The first kappa shape index (κ1) is 25.8. The molecule has 3 N–H and O–H groups in total. The van der Waals surface area contributed by atoms with Gasteiger partial charge >= 0.3 is 7.60 Å². The molecule has 1 amide bonds. The summed E-state index contributed by atoms with van der Waals surface area (Å²) < 4.78 is 29.6. The predicted octanol–water partition coefficient (Wildman–Crippen LogP) is 3.58. The quantitative estimate of drug-likeness (QED) is 0.384. The minimum atomic E-state index is -4.84. The van der Waals surface area contributed by atoms with Crippen molar-refractivity contribution in [1.82, 2.24) is 9.88 Å². The fourth-order valence-electron chi connectivity index (χ4n) is 3.88. The van der Waals surface area contributed by atoms with E-state index in [-0.39, 0.29) is 11.8 Å². The molecule has 1 aromatic carbocycles. The highest BCUT2D eigenvalue weighted by atomic mass is 31.2. The normalized spacial score (nSPS) is 32.4. The first-order valence-corrected chi connectivity index (χ1v) is 14.2. The molecule has 2 aliphatic heterocycles. The molecule has 1 aromatic heterocycles. The number of ether oxygens (including phenoxy) is 1. The van der Waals surface area contributed by atoms with E-state index in [9.17, 15) is 24.3 Å². The van der Waals surface area contributed by atoms with E-state index in [2.05, 4.69) is 17.9 Å². The molecule has 35 heavy (non-hydrogen) atoms. The third kappa shape index (κ3) is 4.76. The van der Waals surface area contributed by atoms with Gasteiger partial charge in [0.1, 0.15) is 5.75 Å². The number of likely N-dealkylation sites (tertiary alicyclic amines) is 1. The molecule has 0 saturated carbocycles. The van der Waals surface area contributed by atoms with Crippen molar-refractivity contribution in [3.05, 3.63) is 72.4 Å². The largest absolute Gasteiger partial charge is 0.441 e. The molecule has 2 aromatic rings. The van der Waals surface area contributed by atoms with Crippen molar-refractivity contribution in [2.75, 3.05) is 6.54 Å². The Morgan fingerprint density at radius 1 is 1.26 bits per heavy atom. The van der Waals surface area contributed by atoms with Gasteiger partial charge in [0.25, 0.3) is 0 Å². The van der Waals surface area contributed by atoms with E-state index in [0.717, 1.165) is 0 Å². The van der Waals surface area contributed by atoms with Crippen LogP contribution in [0.4, 0.5) is 0 Å². The minimum Gasteiger partial charge on any atom is -0.441 e. The third-order valence-corrected chi connectivity index (χ3v) is 11.2. The minimum absolute atomic E-state index is 0.0701. The Kier molecular flexibility index (Phi) is 6.62. The topological polar surface area (TPSA) is 139 Å². The van der Waals surface area contributed by atoms with E-state index < -0.39 is 38.1 Å². The molecule has 0 spiro atoms. The van der Waals surface area contributed by atoms with Crippen LogP contribution in [-0.4, -0.2) is 48.6 Å². The van der Waals surface area contributed by atoms with Crippen LogP contribution in [0.5, 0.6) is 5.75 Å². The summed E-state index contributed by atoms with van der Waals surface area (Å²) in [5.41, 5.74) is 0.219. The lowest BCUT2D eigenvalue weighted by molar-refractivity contribution is -0.134. The van der Waals surface area contributed by atoms with Gasteiger partial charge in [0.05, 0.1) is 0 Å². The van der Waals surface area contributed by atoms with Crippen molar-refractivity contribution in [3.63, 3.8) is 0 Å². The van der Waals surface area contributed by atoms with E-state index in [0.29, 0.717) is 29.8 Å². The molecule has 12 heteroatoms. The first-order valence-electron chi connectivity index (χ1n) is 10.8. The van der Waals surface area contributed by atoms with Crippen molar-refractivity contribution in [1.29, 1.82) is 0 Å². The summed E-state index contributed by atoms with van der Waals surface area (Å²) in [6.07, 6.45) is 5.27. The number of benzene rings is 1. The molecule has 4 atom stereocenters. The van der Waals surface area contributed by atoms with Gasteiger partial charge in [-0.3, -0.25) is 28.3 Å². The highest BCUT2D eigenvalue weighted by Gasteiger charge is 2.62. The molecule has 0 aliphatic carbocycles. The Balaban J connectivity index is 1.49. The Bertz CT molecular complexity index is 1210. The molecule has 2 saturated heterocycles. The smallest absolute Gasteiger partial charge is 0.371 e. The molecular weight excluding hydrogens is 494 g/mol. The molecule has 2 aliphatic rings. The standard InChI is InChI=1S/C23H28N2O8P2/c1-16(25-13-11-22(2,3)21(25)26)31-19-9-7-18(8-10-19)20-32-34(4,28)23(27,35(29,30)33-20)14-17-6-5-12-24-15-17/h5-10,12,15,20,27-28H,1,4,11,13-14H2,2-3H3,(H,29,30). The number of aliphatic hydroxyl groups is 1. The summed E-state index contributed by atoms with van der Waals surface area (Å²) in [5.74, 6) is 0.489. The highest BCUT2D eigenvalue weighted by Crippen LogP contribution is 2.78. The second-order valence-electron chi connectivity index (χ2n) is 9.23. The molecule has 10 nitrogen and oxygen atoms in total. The first-order chi connectivity index (χ1) is 16.3. The third-order valence-electron chi connectivity index (χ3n) is 6.16. The van der Waals surface area contributed by atoms with Gasteiger partial charge in [0, 0.05) is 36.3 Å². The van der Waals surface area contributed by atoms with Crippen molar-refractivity contribution in [3.8, 4) is 5.75 Å². The Labute approximate surface area is 203 Å². The molecule has 2 fully saturated rings. The second kappa shape index (κ2) is 8.98. The highest BCUT2D eigenvalue weighted by molar-refractivity contribution is 7.78. The zero-order valence-electron chi connectivity index (χ0n) is 19.4. The zero-order valence-corrected chi connectivity index (χ0v) is 21.2. The second-order valence-corrected chi connectivity index (χ2v) is 13.9. The van der Waals surface area contributed by atoms with Gasteiger partial charge in [0.15, 0.2) is 19.5 Å². The van der Waals surface area contributed by atoms with Crippen LogP contribution in [-0.2, 0) is 24.8 Å². The van der Waals surface area contributed by atoms with Crippen molar-refractivity contribution in [2.24, 2.45) is 5.41 Å². The summed E-state index contributed by atoms with van der Waals surface area (Å²) in [5, 5.41) is 8.41. The van der Waals surface area contributed by atoms with Crippen LogP contribution in [0.15, 0.2) is 61.3 Å². The fraction of sp³-hybridized carbons (Fsp3) is 0.348. The van der Waals surface area contributed by atoms with Gasteiger partial charge in [-0.05, 0) is 43.1 Å². The number of carbonyl (C=O) groups is 1. The van der Waals surface area contributed by atoms with E-state index in [4.69, 9.17) is 13.8 Å². The summed E-state index contributed by atoms with van der Waals surface area (Å²) >= 11 is 0. The van der Waals surface area contributed by atoms with Crippen molar-refractivity contribution in [2.45, 2.75) is 38.1 Å². The molecule has 3 heterocycles. The van der Waals surface area contributed by atoms with Crippen LogP contribution in [0.1, 0.15) is 37.7 Å². The van der Waals surface area contributed by atoms with Gasteiger partial charge in [0.2, 0.25) is 11.0 Å². The van der Waals surface area contributed by atoms with Crippen molar-refractivity contribution >= 4 is 27.1 Å². The number of hydrogen-bond acceptors (Lipinski definition) is 8. The number of amides is 1. The summed E-state index contributed by atoms with van der Waals surface area (Å²) in [6.45, 7) is 8.08. The number of pyridine rings is 1. The number of rotatable bonds is 6. The average Bonchev–Trinajstić information content (AvgIpc) is 3.05. The van der Waals surface area contributed by atoms with E-state index in [1.807, 2.05) is 13.8 Å². The maximum Gasteiger partial charge on any atom is 0.371 e. The summed E-state index contributed by atoms with van der Waals surface area (Å²) in [7, 11) is -8.92. The van der Waals surface area contributed by atoms with Gasteiger partial charge in [-0.15, -0.1) is 0 Å². The SMILES string of the molecule is C=C(Oc1ccc(C2OP(=C)(O)C(O)(Cc3cccnc3)P(=O)(O)O2)cc1)N1CCC(C)(C)C1=O. The molecule has 4 rings (SSSR count). The van der Waals surface area contributed by atoms with Gasteiger partial charge in [-0.2, -0.15) is 0 Å². The summed E-state index contributed by atoms with van der Waals surface area (Å²) in [4.78, 5) is 39.4. The lowest BCUT2D eigenvalue weighted by Crippen LogP contribution is -2.38. The molecule has 0 radical (unpaired) electrons. The number of aromatic nitrogens is 1. The fourth-order valence-corrected chi connectivity index (χ4v) is 7.87. The van der Waals surface area contributed by atoms with Crippen LogP contribution >= 0.6 is 14.9 Å². The number of hydrogen-bond donors (Lipinski definition) is 3. The predicted molar refractivity (Wildman–Crippen MR) is 130 cm³/mol. The lowest BCUT2D eigenvalue weighted by atomic mass is 9.92. The van der Waals surface area contributed by atoms with Gasteiger partial charge in [-0.25, -0.2) is 0 Å². The van der Waals surface area contributed by atoms with Crippen LogP contribution in [0, 0.1) is 5.41 Å². The van der Waals surface area contributed by atoms with Gasteiger partial charge < -0.3 is 19.6 Å². The molecular formula is C23H28N2O8P2. The maximum absolute atomic E-state index is 13.1. The Morgan fingerprint density at radius 3 is 2.49 bits per heavy atom. The zero-order chi connectivity index (χ0) is 25.6. The molecule has 4 unspecified atom stereocenters. The van der Waals surface area contributed by atoms with Gasteiger partial charge in [-0.1, -0.05) is 32.0 Å². The number of nitrogens with zero attached hydrogens (tertiary/aromatic N) is 2. The average molecular weight is 522 g/mol. The Morgan fingerprint density at radius 2 is 1.94 bits per heavy atom. The van der Waals surface area contributed by atoms with Crippen LogP contribution in [0.25, 0.3) is 0 Å². The lowest BCUT2D eigenvalue weighted by Gasteiger charge is -2.45. The van der Waals surface area contributed by atoms with E-state index in [1.165, 1.54) is 41.6 Å². The maximum atomic E-state index is 13.1.